The molecule has 4 nitrogen and oxygen atoms in total. The van der Waals surface area contributed by atoms with Crippen molar-refractivity contribution < 1.29 is 9.21 Å². The number of anilines is 2. The van der Waals surface area contributed by atoms with Crippen molar-refractivity contribution in [1.82, 2.24) is 0 Å². The lowest BCUT2D eigenvalue weighted by molar-refractivity contribution is 0.0997. The van der Waals surface area contributed by atoms with Crippen LogP contribution in [0.15, 0.2) is 63.5 Å². The normalized spacial score (nSPS) is 13.8. The van der Waals surface area contributed by atoms with E-state index in [9.17, 15) is 4.79 Å². The molecule has 0 atom stereocenters. The largest absolute Gasteiger partial charge is 0.451 e. The summed E-state index contributed by atoms with van der Waals surface area (Å²) in [6.45, 7) is 1.89. The molecule has 0 saturated carbocycles. The molecular weight excluding hydrogens is 428 g/mol. The first-order valence-electron chi connectivity index (χ1n) is 8.82. The van der Waals surface area contributed by atoms with E-state index in [1.54, 1.807) is 12.1 Å². The maximum absolute atomic E-state index is 12.7. The number of furan rings is 1. The second-order valence-corrected chi connectivity index (χ2v) is 7.78. The van der Waals surface area contributed by atoms with Crippen molar-refractivity contribution in [2.75, 3.05) is 23.3 Å². The first kappa shape index (κ1) is 18.1. The van der Waals surface area contributed by atoms with E-state index in [1.165, 1.54) is 0 Å². The van der Waals surface area contributed by atoms with Gasteiger partial charge in [-0.1, -0.05) is 45.7 Å². The van der Waals surface area contributed by atoms with Crippen molar-refractivity contribution in [2.45, 2.75) is 12.8 Å². The molecule has 6 heteroatoms. The molecule has 1 N–H and O–H groups in total. The number of para-hydroxylation sites is 1. The number of carbonyl (C=O) groups excluding carboxylic acids is 1. The van der Waals surface area contributed by atoms with Gasteiger partial charge in [0.05, 0.1) is 16.4 Å². The fraction of sp³-hybridized carbons (Fsp3) is 0.190. The van der Waals surface area contributed by atoms with Gasteiger partial charge in [0.2, 0.25) is 0 Å². The van der Waals surface area contributed by atoms with Gasteiger partial charge in [-0.05, 0) is 49.2 Å². The van der Waals surface area contributed by atoms with E-state index in [2.05, 4.69) is 26.1 Å². The smallest absolute Gasteiger partial charge is 0.291 e. The highest BCUT2D eigenvalue weighted by Gasteiger charge is 2.21. The van der Waals surface area contributed by atoms with Crippen LogP contribution in [0.5, 0.6) is 0 Å². The fourth-order valence-electron chi connectivity index (χ4n) is 3.29. The summed E-state index contributed by atoms with van der Waals surface area (Å²) in [5, 5.41) is 3.60. The first-order valence-corrected chi connectivity index (χ1v) is 9.99. The van der Waals surface area contributed by atoms with E-state index < -0.39 is 0 Å². The minimum Gasteiger partial charge on any atom is -0.451 e. The highest BCUT2D eigenvalue weighted by Crippen LogP contribution is 2.36. The Labute approximate surface area is 171 Å². The van der Waals surface area contributed by atoms with Crippen molar-refractivity contribution in [3.8, 4) is 11.3 Å². The van der Waals surface area contributed by atoms with Gasteiger partial charge in [-0.3, -0.25) is 4.79 Å². The molecule has 1 fully saturated rings. The second-order valence-electron chi connectivity index (χ2n) is 6.46. The average molecular weight is 446 g/mol. The monoisotopic (exact) mass is 444 g/mol. The lowest BCUT2D eigenvalue weighted by atomic mass is 10.2. The Bertz CT molecular complexity index is 963. The molecular formula is C21H18BrClN2O2. The standard InChI is InChI=1S/C21H18BrClN2O2/c22-15-8-6-14(7-9-15)18-10-11-19(27-18)21(26)24-17-5-3-4-16(23)20(17)25-12-1-2-13-25/h3-11H,1-2,12-13H2,(H,24,26). The number of amides is 1. The van der Waals surface area contributed by atoms with Gasteiger partial charge in [-0.25, -0.2) is 0 Å². The Morgan fingerprint density at radius 2 is 1.78 bits per heavy atom. The number of nitrogens with zero attached hydrogens (tertiary/aromatic N) is 1. The van der Waals surface area contributed by atoms with Crippen molar-refractivity contribution in [3.63, 3.8) is 0 Å². The SMILES string of the molecule is O=C(Nc1cccc(Cl)c1N1CCCC1)c1ccc(-c2ccc(Br)cc2)o1. The van der Waals surface area contributed by atoms with E-state index in [1.807, 2.05) is 42.5 Å². The molecule has 0 spiro atoms. The van der Waals surface area contributed by atoms with Gasteiger partial charge in [0, 0.05) is 23.1 Å². The molecule has 0 radical (unpaired) electrons. The summed E-state index contributed by atoms with van der Waals surface area (Å²) >= 11 is 9.83. The molecule has 3 aromatic rings. The molecule has 0 unspecified atom stereocenters. The lowest BCUT2D eigenvalue weighted by Crippen LogP contribution is -2.21. The number of nitrogens with one attached hydrogen (secondary N) is 1. The van der Waals surface area contributed by atoms with Gasteiger partial charge < -0.3 is 14.6 Å². The van der Waals surface area contributed by atoms with Gasteiger partial charge in [0.1, 0.15) is 5.76 Å². The third kappa shape index (κ3) is 3.89. The quantitative estimate of drug-likeness (QED) is 0.519. The lowest BCUT2D eigenvalue weighted by Gasteiger charge is -2.22. The van der Waals surface area contributed by atoms with Crippen molar-refractivity contribution in [1.29, 1.82) is 0 Å². The number of rotatable bonds is 4. The summed E-state index contributed by atoms with van der Waals surface area (Å²) < 4.78 is 6.76. The minimum atomic E-state index is -0.291. The summed E-state index contributed by atoms with van der Waals surface area (Å²) in [6, 6.07) is 16.8. The average Bonchev–Trinajstić information content (AvgIpc) is 3.34. The van der Waals surface area contributed by atoms with Crippen LogP contribution in [-0.2, 0) is 0 Å². The van der Waals surface area contributed by atoms with Crippen molar-refractivity contribution >= 4 is 44.8 Å². The van der Waals surface area contributed by atoms with Crippen LogP contribution in [0.3, 0.4) is 0 Å². The molecule has 1 aliphatic heterocycles. The third-order valence-corrected chi connectivity index (χ3v) is 5.45. The maximum atomic E-state index is 12.7. The Morgan fingerprint density at radius 1 is 1.04 bits per heavy atom. The molecule has 1 amide bonds. The molecule has 27 heavy (non-hydrogen) atoms. The summed E-state index contributed by atoms with van der Waals surface area (Å²) in [6.07, 6.45) is 2.26. The van der Waals surface area contributed by atoms with Gasteiger partial charge in [-0.15, -0.1) is 0 Å². The Balaban J connectivity index is 1.57. The van der Waals surface area contributed by atoms with Crippen LogP contribution in [0.2, 0.25) is 5.02 Å². The van der Waals surface area contributed by atoms with Crippen LogP contribution >= 0.6 is 27.5 Å². The van der Waals surface area contributed by atoms with Crippen LogP contribution in [0.1, 0.15) is 23.4 Å². The summed E-state index contributed by atoms with van der Waals surface area (Å²) in [5.41, 5.74) is 2.50. The summed E-state index contributed by atoms with van der Waals surface area (Å²) in [7, 11) is 0. The Hall–Kier alpha value is -2.24. The summed E-state index contributed by atoms with van der Waals surface area (Å²) in [5.74, 6) is 0.625. The number of benzene rings is 2. The van der Waals surface area contributed by atoms with Gasteiger partial charge in [-0.2, -0.15) is 0 Å². The zero-order valence-electron chi connectivity index (χ0n) is 14.5. The van der Waals surface area contributed by atoms with E-state index in [-0.39, 0.29) is 11.7 Å². The van der Waals surface area contributed by atoms with Crippen LogP contribution in [0.25, 0.3) is 11.3 Å². The van der Waals surface area contributed by atoms with Gasteiger partial charge in [0.25, 0.3) is 5.91 Å². The number of hydrogen-bond acceptors (Lipinski definition) is 3. The zero-order valence-corrected chi connectivity index (χ0v) is 16.9. The van der Waals surface area contributed by atoms with Crippen LogP contribution < -0.4 is 10.2 Å². The fourth-order valence-corrected chi connectivity index (χ4v) is 3.85. The minimum absolute atomic E-state index is 0.264. The summed E-state index contributed by atoms with van der Waals surface area (Å²) in [4.78, 5) is 14.9. The van der Waals surface area contributed by atoms with E-state index in [4.69, 9.17) is 16.0 Å². The molecule has 0 aliphatic carbocycles. The van der Waals surface area contributed by atoms with Crippen LogP contribution in [0, 0.1) is 0 Å². The molecule has 4 rings (SSSR count). The first-order chi connectivity index (χ1) is 13.1. The predicted octanol–water partition coefficient (Wildman–Crippen LogP) is 6.22. The van der Waals surface area contributed by atoms with Crippen LogP contribution in [0.4, 0.5) is 11.4 Å². The maximum Gasteiger partial charge on any atom is 0.291 e. The van der Waals surface area contributed by atoms with Crippen LogP contribution in [-0.4, -0.2) is 19.0 Å². The second kappa shape index (κ2) is 7.79. The Kier molecular flexibility index (Phi) is 5.23. The highest BCUT2D eigenvalue weighted by molar-refractivity contribution is 9.10. The zero-order chi connectivity index (χ0) is 18.8. The third-order valence-electron chi connectivity index (χ3n) is 4.62. The molecule has 1 saturated heterocycles. The topological polar surface area (TPSA) is 45.5 Å². The van der Waals surface area contributed by atoms with Crippen molar-refractivity contribution in [2.24, 2.45) is 0 Å². The highest BCUT2D eigenvalue weighted by atomic mass is 79.9. The van der Waals surface area contributed by atoms with Gasteiger partial charge in [0.15, 0.2) is 5.76 Å². The van der Waals surface area contributed by atoms with Gasteiger partial charge >= 0.3 is 0 Å². The molecule has 1 aromatic heterocycles. The predicted molar refractivity (Wildman–Crippen MR) is 113 cm³/mol. The molecule has 1 aliphatic rings. The number of hydrogen-bond donors (Lipinski definition) is 1. The Morgan fingerprint density at radius 3 is 2.52 bits per heavy atom. The number of halogens is 2. The van der Waals surface area contributed by atoms with E-state index >= 15 is 0 Å². The van der Waals surface area contributed by atoms with E-state index in [0.29, 0.717) is 16.5 Å². The van der Waals surface area contributed by atoms with E-state index in [0.717, 1.165) is 41.7 Å². The molecule has 2 aromatic carbocycles. The molecule has 0 bridgehead atoms. The number of carbonyl (C=O) groups is 1. The molecule has 138 valence electrons. The van der Waals surface area contributed by atoms with Crippen molar-refractivity contribution in [3.05, 3.63) is 69.9 Å². The molecule has 2 heterocycles.